The van der Waals surface area contributed by atoms with E-state index >= 15 is 0 Å². The van der Waals surface area contributed by atoms with Gasteiger partial charge in [0.1, 0.15) is 17.6 Å². The van der Waals surface area contributed by atoms with Crippen LogP contribution in [0.4, 0.5) is 10.1 Å². The molecule has 9 heteroatoms. The van der Waals surface area contributed by atoms with E-state index in [0.29, 0.717) is 16.3 Å². The highest BCUT2D eigenvalue weighted by Gasteiger charge is 2.51. The Kier molecular flexibility index (Phi) is 6.86. The van der Waals surface area contributed by atoms with E-state index in [4.69, 9.17) is 15.2 Å². The number of nitrogens with two attached hydrogens (primary N) is 1. The molecule has 3 atom stereocenters. The summed E-state index contributed by atoms with van der Waals surface area (Å²) in [4.78, 5) is 42.9. The number of benzene rings is 2. The molecule has 2 aromatic carbocycles. The van der Waals surface area contributed by atoms with Gasteiger partial charge in [-0.25, -0.2) is 9.18 Å². The Hall–Kier alpha value is -4.24. The largest absolute Gasteiger partial charge is 0.468 e. The molecule has 0 fully saturated rings. The van der Waals surface area contributed by atoms with Gasteiger partial charge >= 0.3 is 11.9 Å². The zero-order valence-electron chi connectivity index (χ0n) is 20.7. The molecule has 38 heavy (non-hydrogen) atoms. The smallest absolute Gasteiger partial charge is 0.338 e. The van der Waals surface area contributed by atoms with Crippen molar-refractivity contribution < 1.29 is 28.2 Å². The zero-order chi connectivity index (χ0) is 27.0. The Bertz CT molecular complexity index is 1470. The van der Waals surface area contributed by atoms with E-state index < -0.39 is 41.3 Å². The first-order valence-corrected chi connectivity index (χ1v) is 12.8. The van der Waals surface area contributed by atoms with Crippen molar-refractivity contribution >= 4 is 34.7 Å². The van der Waals surface area contributed by atoms with Crippen molar-refractivity contribution in [3.05, 3.63) is 111 Å². The molecule has 3 aromatic rings. The number of allylic oxidation sites excluding steroid dienone is 2. The molecule has 1 aliphatic carbocycles. The van der Waals surface area contributed by atoms with Gasteiger partial charge in [-0.2, -0.15) is 0 Å². The molecule has 2 N–H and O–H groups in total. The minimum absolute atomic E-state index is 0.0377. The third kappa shape index (κ3) is 4.18. The lowest BCUT2D eigenvalue weighted by atomic mass is 9.68. The summed E-state index contributed by atoms with van der Waals surface area (Å²) in [6.45, 7) is 0. The van der Waals surface area contributed by atoms with E-state index in [0.717, 1.165) is 5.56 Å². The van der Waals surface area contributed by atoms with Gasteiger partial charge in [-0.1, -0.05) is 42.5 Å². The fourth-order valence-corrected chi connectivity index (χ4v) is 6.24. The number of esters is 2. The first kappa shape index (κ1) is 25.4. The van der Waals surface area contributed by atoms with Crippen LogP contribution in [0.3, 0.4) is 0 Å². The second-order valence-corrected chi connectivity index (χ2v) is 9.98. The van der Waals surface area contributed by atoms with Gasteiger partial charge in [-0.05, 0) is 41.6 Å². The SMILES string of the molecule is COC(=O)C1=C(N)N(c2cccc(F)c2)C2=C(C(=O)[C@@H](C(=O)OC)[C@@H](c3ccccc3)C2)[C@@H]1c1cccs1. The van der Waals surface area contributed by atoms with Gasteiger partial charge in [-0.15, -0.1) is 11.3 Å². The quantitative estimate of drug-likeness (QED) is 0.378. The molecule has 7 nitrogen and oxygen atoms in total. The van der Waals surface area contributed by atoms with Gasteiger partial charge in [0, 0.05) is 22.1 Å². The van der Waals surface area contributed by atoms with Crippen LogP contribution in [-0.2, 0) is 23.9 Å². The molecule has 0 saturated heterocycles. The molecule has 0 saturated carbocycles. The Labute approximate surface area is 223 Å². The van der Waals surface area contributed by atoms with Gasteiger partial charge in [0.25, 0.3) is 0 Å². The fourth-order valence-electron chi connectivity index (χ4n) is 5.40. The van der Waals surface area contributed by atoms with E-state index in [2.05, 4.69) is 0 Å². The number of ether oxygens (including phenoxy) is 2. The Morgan fingerprint density at radius 3 is 2.42 bits per heavy atom. The molecule has 0 radical (unpaired) electrons. The molecular weight excluding hydrogens is 507 g/mol. The molecule has 2 aliphatic rings. The maximum absolute atomic E-state index is 14.4. The van der Waals surface area contributed by atoms with Gasteiger partial charge in [0.05, 0.1) is 31.4 Å². The Morgan fingerprint density at radius 1 is 1.03 bits per heavy atom. The molecule has 194 valence electrons. The van der Waals surface area contributed by atoms with Crippen molar-refractivity contribution in [2.24, 2.45) is 11.7 Å². The molecule has 0 spiro atoms. The molecule has 2 heterocycles. The fraction of sp³-hybridized carbons (Fsp3) is 0.207. The van der Waals surface area contributed by atoms with Crippen molar-refractivity contribution in [3.8, 4) is 0 Å². The molecule has 0 amide bonds. The van der Waals surface area contributed by atoms with Gasteiger partial charge in [0.15, 0.2) is 5.78 Å². The lowest BCUT2D eigenvalue weighted by Crippen LogP contribution is -2.46. The van der Waals surface area contributed by atoms with E-state index in [1.807, 2.05) is 41.8 Å². The highest BCUT2D eigenvalue weighted by atomic mass is 32.1. The van der Waals surface area contributed by atoms with Crippen LogP contribution in [0.25, 0.3) is 0 Å². The van der Waals surface area contributed by atoms with Crippen molar-refractivity contribution in [3.63, 3.8) is 0 Å². The highest BCUT2D eigenvalue weighted by molar-refractivity contribution is 7.10. The second kappa shape index (κ2) is 10.3. The number of anilines is 1. The minimum atomic E-state index is -1.14. The van der Waals surface area contributed by atoms with Crippen molar-refractivity contribution in [1.29, 1.82) is 0 Å². The van der Waals surface area contributed by atoms with Crippen LogP contribution in [0.2, 0.25) is 0 Å². The predicted molar refractivity (Wildman–Crippen MR) is 141 cm³/mol. The van der Waals surface area contributed by atoms with Crippen LogP contribution in [0.1, 0.15) is 28.7 Å². The second-order valence-electron chi connectivity index (χ2n) is 9.00. The number of halogens is 1. The van der Waals surface area contributed by atoms with Crippen LogP contribution in [-0.4, -0.2) is 31.9 Å². The normalized spacial score (nSPS) is 21.3. The van der Waals surface area contributed by atoms with Crippen molar-refractivity contribution in [2.45, 2.75) is 18.3 Å². The van der Waals surface area contributed by atoms with Crippen LogP contribution in [0.15, 0.2) is 94.8 Å². The topological polar surface area (TPSA) is 98.9 Å². The molecule has 0 unspecified atom stereocenters. The van der Waals surface area contributed by atoms with Crippen LogP contribution >= 0.6 is 11.3 Å². The van der Waals surface area contributed by atoms with Gasteiger partial charge in [0.2, 0.25) is 0 Å². The number of carbonyl (C=O) groups is 3. The summed E-state index contributed by atoms with van der Waals surface area (Å²) < 4.78 is 24.6. The maximum Gasteiger partial charge on any atom is 0.338 e. The predicted octanol–water partition coefficient (Wildman–Crippen LogP) is 4.63. The third-order valence-corrected chi connectivity index (χ3v) is 7.96. The van der Waals surface area contributed by atoms with Crippen molar-refractivity contribution in [2.75, 3.05) is 19.1 Å². The first-order chi connectivity index (χ1) is 18.4. The first-order valence-electron chi connectivity index (χ1n) is 11.9. The molecule has 1 aromatic heterocycles. The number of carbonyl (C=O) groups excluding carboxylic acids is 3. The number of nitrogens with zero attached hydrogens (tertiary/aromatic N) is 1. The lowest BCUT2D eigenvalue weighted by molar-refractivity contribution is -0.150. The summed E-state index contributed by atoms with van der Waals surface area (Å²) in [5.74, 6) is -4.90. The summed E-state index contributed by atoms with van der Waals surface area (Å²) in [5, 5.41) is 1.83. The maximum atomic E-state index is 14.4. The minimum Gasteiger partial charge on any atom is -0.468 e. The summed E-state index contributed by atoms with van der Waals surface area (Å²) in [6, 6.07) is 18.6. The molecular formula is C29H25FN2O5S. The Morgan fingerprint density at radius 2 is 1.79 bits per heavy atom. The Balaban J connectivity index is 1.82. The van der Waals surface area contributed by atoms with Crippen LogP contribution in [0, 0.1) is 11.7 Å². The van der Waals surface area contributed by atoms with Gasteiger partial charge in [-0.3, -0.25) is 14.5 Å². The number of hydrogen-bond acceptors (Lipinski definition) is 8. The van der Waals surface area contributed by atoms with Gasteiger partial charge < -0.3 is 15.2 Å². The highest BCUT2D eigenvalue weighted by Crippen LogP contribution is 2.52. The summed E-state index contributed by atoms with van der Waals surface area (Å²) >= 11 is 1.35. The third-order valence-electron chi connectivity index (χ3n) is 7.02. The van der Waals surface area contributed by atoms with E-state index in [1.165, 1.54) is 48.7 Å². The number of hydrogen-bond donors (Lipinski definition) is 1. The van der Waals surface area contributed by atoms with E-state index in [9.17, 15) is 18.8 Å². The summed E-state index contributed by atoms with van der Waals surface area (Å²) in [5.41, 5.74) is 8.60. The van der Waals surface area contributed by atoms with Crippen LogP contribution < -0.4 is 10.6 Å². The summed E-state index contributed by atoms with van der Waals surface area (Å²) in [6.07, 6.45) is 0.221. The number of thiophene rings is 1. The number of ketones is 1. The average molecular weight is 533 g/mol. The summed E-state index contributed by atoms with van der Waals surface area (Å²) in [7, 11) is 2.48. The number of rotatable bonds is 5. The molecule has 1 aliphatic heterocycles. The molecule has 5 rings (SSSR count). The molecule has 0 bridgehead atoms. The average Bonchev–Trinajstić information content (AvgIpc) is 3.46. The van der Waals surface area contributed by atoms with Crippen LogP contribution in [0.5, 0.6) is 0 Å². The number of methoxy groups -OCH3 is 2. The number of Topliss-reactive ketones (excluding diaryl/α,β-unsaturated/α-hetero) is 1. The van der Waals surface area contributed by atoms with E-state index in [1.54, 1.807) is 12.1 Å². The van der Waals surface area contributed by atoms with E-state index in [-0.39, 0.29) is 23.4 Å². The van der Waals surface area contributed by atoms with Crippen molar-refractivity contribution in [1.82, 2.24) is 0 Å². The zero-order valence-corrected chi connectivity index (χ0v) is 21.5. The lowest BCUT2D eigenvalue weighted by Gasteiger charge is -2.43. The monoisotopic (exact) mass is 532 g/mol. The standard InChI is InChI=1S/C29H25FN2O5S/c1-36-28(34)22-19(16-8-4-3-5-9-16)15-20-23(26(22)33)24(21-12-7-13-38-21)25(29(35)37-2)27(31)32(20)18-11-6-10-17(30)14-18/h3-14,19,22,24H,15,31H2,1-2H3/t19-,22+,24+/m1/s1.